The van der Waals surface area contributed by atoms with Gasteiger partial charge in [-0.1, -0.05) is 120 Å². The Kier molecular flexibility index (Phi) is 16.3. The van der Waals surface area contributed by atoms with Crippen molar-refractivity contribution in [1.29, 1.82) is 0 Å². The number of carbonyl (C=O) groups is 2. The molecule has 0 radical (unpaired) electrons. The Bertz CT molecular complexity index is 1340. The first kappa shape index (κ1) is 35.4. The summed E-state index contributed by atoms with van der Waals surface area (Å²) in [7, 11) is 3.97. The Morgan fingerprint density at radius 3 is 1.80 bits per heavy atom. The van der Waals surface area contributed by atoms with Gasteiger partial charge in [0.1, 0.15) is 11.5 Å². The fourth-order valence-electron chi connectivity index (χ4n) is 4.99. The van der Waals surface area contributed by atoms with Crippen molar-refractivity contribution in [3.05, 3.63) is 102 Å². The number of nitrogens with zero attached hydrogens (tertiary/aromatic N) is 1. The molecule has 3 aromatic rings. The van der Waals surface area contributed by atoms with Crippen molar-refractivity contribution < 1.29 is 19.1 Å². The Balaban J connectivity index is 1.33. The van der Waals surface area contributed by atoms with E-state index in [0.717, 1.165) is 35.6 Å². The first-order valence-electron chi connectivity index (χ1n) is 16.7. The number of allylic oxidation sites excluding steroid dienone is 1. The predicted molar refractivity (Wildman–Crippen MR) is 188 cm³/mol. The number of ketones is 1. The molecule has 240 valence electrons. The zero-order chi connectivity index (χ0) is 32.1. The van der Waals surface area contributed by atoms with E-state index in [9.17, 15) is 9.59 Å². The monoisotopic (exact) mass is 609 g/mol. The Morgan fingerprint density at radius 2 is 1.20 bits per heavy atom. The van der Waals surface area contributed by atoms with Crippen LogP contribution >= 0.6 is 0 Å². The van der Waals surface area contributed by atoms with Gasteiger partial charge in [-0.25, -0.2) is 4.79 Å². The lowest BCUT2D eigenvalue weighted by Gasteiger charge is -2.11. The van der Waals surface area contributed by atoms with Crippen LogP contribution in [0.25, 0.3) is 12.2 Å². The van der Waals surface area contributed by atoms with Crippen molar-refractivity contribution in [2.24, 2.45) is 0 Å². The van der Waals surface area contributed by atoms with Crippen LogP contribution in [0.4, 0.5) is 5.69 Å². The van der Waals surface area contributed by atoms with Crippen molar-refractivity contribution in [2.45, 2.75) is 84.0 Å². The zero-order valence-electron chi connectivity index (χ0n) is 27.5. The molecular formula is C40H51NO4. The van der Waals surface area contributed by atoms with Crippen LogP contribution in [0.3, 0.4) is 0 Å². The van der Waals surface area contributed by atoms with Gasteiger partial charge in [-0.05, 0) is 66.1 Å². The third-order valence-corrected chi connectivity index (χ3v) is 7.73. The molecule has 0 heterocycles. The number of anilines is 1. The van der Waals surface area contributed by atoms with Crippen molar-refractivity contribution in [3.8, 4) is 11.5 Å². The smallest absolute Gasteiger partial charge is 0.336 e. The van der Waals surface area contributed by atoms with E-state index in [1.807, 2.05) is 67.5 Å². The summed E-state index contributed by atoms with van der Waals surface area (Å²) in [5.41, 5.74) is 3.34. The first-order valence-corrected chi connectivity index (χ1v) is 16.7. The highest BCUT2D eigenvalue weighted by molar-refractivity contribution is 6.07. The van der Waals surface area contributed by atoms with Crippen molar-refractivity contribution in [3.63, 3.8) is 0 Å². The summed E-state index contributed by atoms with van der Waals surface area (Å²) in [6, 6.07) is 22.3. The Hall–Kier alpha value is -4.12. The van der Waals surface area contributed by atoms with Crippen LogP contribution < -0.4 is 14.4 Å². The van der Waals surface area contributed by atoms with E-state index in [0.29, 0.717) is 11.3 Å². The normalized spacial score (nSPS) is 11.3. The van der Waals surface area contributed by atoms with Gasteiger partial charge in [0.15, 0.2) is 5.78 Å². The number of unbranched alkanes of at least 4 members (excludes halogenated alkanes) is 11. The van der Waals surface area contributed by atoms with Gasteiger partial charge in [-0.15, -0.1) is 0 Å². The molecule has 0 aliphatic carbocycles. The standard InChI is InChI=1S/C40H51NO4/c1-4-5-6-7-8-9-10-11-12-13-14-15-31-44-37-27-21-34(22-28-37)24-30-40(43)45-38-18-16-17-35(32-38)39(42)29-23-33-19-25-36(26-20-33)41(2)3/h16-30,32H,4-15,31H2,1-3H3/b29-23+,30-24+. The zero-order valence-corrected chi connectivity index (χ0v) is 27.5. The van der Waals surface area contributed by atoms with E-state index in [1.54, 1.807) is 36.4 Å². The molecule has 0 N–H and O–H groups in total. The number of ether oxygens (including phenoxy) is 2. The summed E-state index contributed by atoms with van der Waals surface area (Å²) < 4.78 is 11.3. The van der Waals surface area contributed by atoms with E-state index in [2.05, 4.69) is 6.92 Å². The maximum atomic E-state index is 12.7. The number of esters is 1. The number of carbonyl (C=O) groups excluding carboxylic acids is 2. The fraction of sp³-hybridized carbons (Fsp3) is 0.400. The van der Waals surface area contributed by atoms with Gasteiger partial charge in [0.25, 0.3) is 0 Å². The molecule has 0 aliphatic heterocycles. The Morgan fingerprint density at radius 1 is 0.644 bits per heavy atom. The molecule has 0 aromatic heterocycles. The maximum Gasteiger partial charge on any atom is 0.336 e. The summed E-state index contributed by atoms with van der Waals surface area (Å²) in [4.78, 5) is 27.2. The average Bonchev–Trinajstić information content (AvgIpc) is 3.05. The van der Waals surface area contributed by atoms with Crippen molar-refractivity contribution in [2.75, 3.05) is 25.6 Å². The van der Waals surface area contributed by atoms with Gasteiger partial charge < -0.3 is 14.4 Å². The molecule has 0 saturated carbocycles. The largest absolute Gasteiger partial charge is 0.494 e. The van der Waals surface area contributed by atoms with Crippen LogP contribution in [-0.2, 0) is 4.79 Å². The van der Waals surface area contributed by atoms with E-state index in [4.69, 9.17) is 9.47 Å². The molecule has 0 saturated heterocycles. The molecule has 5 nitrogen and oxygen atoms in total. The van der Waals surface area contributed by atoms with Crippen LogP contribution in [0.15, 0.2) is 84.9 Å². The van der Waals surface area contributed by atoms with E-state index < -0.39 is 5.97 Å². The van der Waals surface area contributed by atoms with Gasteiger partial charge in [-0.3, -0.25) is 4.79 Å². The third kappa shape index (κ3) is 14.5. The number of rotatable bonds is 21. The molecule has 3 aromatic carbocycles. The Labute approximate surface area is 271 Å². The molecule has 0 unspecified atom stereocenters. The maximum absolute atomic E-state index is 12.7. The molecule has 0 amide bonds. The van der Waals surface area contributed by atoms with Gasteiger partial charge in [0, 0.05) is 31.4 Å². The van der Waals surface area contributed by atoms with Crippen LogP contribution in [0.2, 0.25) is 0 Å². The minimum atomic E-state index is -0.511. The molecule has 45 heavy (non-hydrogen) atoms. The number of benzene rings is 3. The summed E-state index contributed by atoms with van der Waals surface area (Å²) >= 11 is 0. The van der Waals surface area contributed by atoms with Gasteiger partial charge in [0.05, 0.1) is 6.61 Å². The van der Waals surface area contributed by atoms with Gasteiger partial charge >= 0.3 is 5.97 Å². The second kappa shape index (κ2) is 20.8. The molecule has 0 spiro atoms. The highest BCUT2D eigenvalue weighted by atomic mass is 16.5. The minimum absolute atomic E-state index is 0.166. The van der Waals surface area contributed by atoms with Crippen molar-refractivity contribution >= 4 is 29.6 Å². The summed E-state index contributed by atoms with van der Waals surface area (Å²) in [6.07, 6.45) is 22.3. The molecule has 3 rings (SSSR count). The van der Waals surface area contributed by atoms with Crippen LogP contribution in [0, 0.1) is 0 Å². The minimum Gasteiger partial charge on any atom is -0.494 e. The molecule has 0 bridgehead atoms. The molecule has 0 fully saturated rings. The van der Waals surface area contributed by atoms with Crippen LogP contribution in [0.5, 0.6) is 11.5 Å². The van der Waals surface area contributed by atoms with Gasteiger partial charge in [0.2, 0.25) is 0 Å². The van der Waals surface area contributed by atoms with E-state index in [-0.39, 0.29) is 5.78 Å². The SMILES string of the molecule is CCCCCCCCCCCCCCOc1ccc(/C=C/C(=O)Oc2cccc(C(=O)/C=C/c3ccc(N(C)C)cc3)c2)cc1. The highest BCUT2D eigenvalue weighted by Gasteiger charge is 2.07. The van der Waals surface area contributed by atoms with Crippen LogP contribution in [0.1, 0.15) is 105 Å². The second-order valence-corrected chi connectivity index (χ2v) is 11.8. The molecule has 0 aliphatic rings. The first-order chi connectivity index (χ1) is 21.9. The molecule has 5 heteroatoms. The highest BCUT2D eigenvalue weighted by Crippen LogP contribution is 2.18. The van der Waals surface area contributed by atoms with E-state index >= 15 is 0 Å². The number of hydrogen-bond donors (Lipinski definition) is 0. The topological polar surface area (TPSA) is 55.8 Å². The lowest BCUT2D eigenvalue weighted by atomic mass is 10.1. The van der Waals surface area contributed by atoms with E-state index in [1.165, 1.54) is 82.8 Å². The lowest BCUT2D eigenvalue weighted by Crippen LogP contribution is -2.07. The average molecular weight is 610 g/mol. The van der Waals surface area contributed by atoms with Gasteiger partial charge in [-0.2, -0.15) is 0 Å². The van der Waals surface area contributed by atoms with Crippen LogP contribution in [-0.4, -0.2) is 32.5 Å². The number of hydrogen-bond acceptors (Lipinski definition) is 5. The fourth-order valence-corrected chi connectivity index (χ4v) is 4.99. The molecule has 0 atom stereocenters. The van der Waals surface area contributed by atoms with Crippen molar-refractivity contribution in [1.82, 2.24) is 0 Å². The lowest BCUT2D eigenvalue weighted by molar-refractivity contribution is -0.128. The summed E-state index contributed by atoms with van der Waals surface area (Å²) in [5, 5.41) is 0. The second-order valence-electron chi connectivity index (χ2n) is 11.8. The summed E-state index contributed by atoms with van der Waals surface area (Å²) in [5.74, 6) is 0.476. The predicted octanol–water partition coefficient (Wildman–Crippen LogP) is 10.3. The molecular weight excluding hydrogens is 558 g/mol. The summed E-state index contributed by atoms with van der Waals surface area (Å²) in [6.45, 7) is 2.99. The third-order valence-electron chi connectivity index (χ3n) is 7.73. The quantitative estimate of drug-likeness (QED) is 0.0395.